The van der Waals surface area contributed by atoms with Gasteiger partial charge in [-0.25, -0.2) is 9.67 Å². The van der Waals surface area contributed by atoms with Crippen LogP contribution in [0, 0.1) is 0 Å². The molecule has 2 unspecified atom stereocenters. The normalized spacial score (nSPS) is 14.4. The molecule has 0 bridgehead atoms. The summed E-state index contributed by atoms with van der Waals surface area (Å²) in [6.07, 6.45) is 2.22. The number of benzene rings is 1. The van der Waals surface area contributed by atoms with E-state index < -0.39 is 16.9 Å². The van der Waals surface area contributed by atoms with Gasteiger partial charge in [0.15, 0.2) is 0 Å². The van der Waals surface area contributed by atoms with Crippen molar-refractivity contribution in [1.82, 2.24) is 14.8 Å². The summed E-state index contributed by atoms with van der Waals surface area (Å²) in [4.78, 5) is 3.89. The molecular weight excluding hydrogens is 274 g/mol. The summed E-state index contributed by atoms with van der Waals surface area (Å²) in [6, 6.07) is 6.99. The van der Waals surface area contributed by atoms with Crippen LogP contribution in [0.2, 0.25) is 5.02 Å². The van der Waals surface area contributed by atoms with Gasteiger partial charge < -0.3 is 5.11 Å². The van der Waals surface area contributed by atoms with Crippen LogP contribution < -0.4 is 0 Å². The van der Waals surface area contributed by atoms with Crippen LogP contribution in [0.15, 0.2) is 35.7 Å². The predicted molar refractivity (Wildman–Crippen MR) is 68.8 cm³/mol. The fraction of sp³-hybridized carbons (Fsp3) is 0.273. The van der Waals surface area contributed by atoms with Crippen molar-refractivity contribution in [3.63, 3.8) is 0 Å². The predicted octanol–water partition coefficient (Wildman–Crippen LogP) is 1.40. The first-order chi connectivity index (χ1) is 8.56. The molecule has 0 aliphatic heterocycles. The summed E-state index contributed by atoms with van der Waals surface area (Å²) in [5.41, 5.74) is 0.706. The van der Waals surface area contributed by atoms with Crippen LogP contribution in [0.1, 0.15) is 11.7 Å². The highest BCUT2D eigenvalue weighted by Gasteiger charge is 2.11. The first-order valence-corrected chi connectivity index (χ1v) is 7.16. The zero-order chi connectivity index (χ0) is 13.1. The molecule has 0 amide bonds. The fourth-order valence-corrected chi connectivity index (χ4v) is 2.11. The number of hydrogen-bond donors (Lipinski definition) is 1. The van der Waals surface area contributed by atoms with Gasteiger partial charge in [-0.15, -0.1) is 5.10 Å². The van der Waals surface area contributed by atoms with Crippen LogP contribution in [-0.2, 0) is 17.3 Å². The fourth-order valence-electron chi connectivity index (χ4n) is 1.49. The Balaban J connectivity index is 2.11. The smallest absolute Gasteiger partial charge is 0.238 e. The van der Waals surface area contributed by atoms with Crippen LogP contribution >= 0.6 is 11.6 Å². The number of halogens is 1. The van der Waals surface area contributed by atoms with Crippen molar-refractivity contribution in [2.24, 2.45) is 0 Å². The molecule has 7 heteroatoms. The quantitative estimate of drug-likeness (QED) is 0.922. The molecule has 0 fully saturated rings. The van der Waals surface area contributed by atoms with Crippen LogP contribution in [0.3, 0.4) is 0 Å². The first-order valence-electron chi connectivity index (χ1n) is 5.22. The molecule has 1 heterocycles. The van der Waals surface area contributed by atoms with Crippen LogP contribution in [0.5, 0.6) is 0 Å². The first kappa shape index (κ1) is 13.2. The van der Waals surface area contributed by atoms with Gasteiger partial charge in [-0.3, -0.25) is 4.21 Å². The van der Waals surface area contributed by atoms with Crippen LogP contribution in [0.4, 0.5) is 0 Å². The summed E-state index contributed by atoms with van der Waals surface area (Å²) in [5, 5.41) is 14.9. The molecule has 0 saturated carbocycles. The van der Waals surface area contributed by atoms with E-state index in [9.17, 15) is 9.32 Å². The molecular formula is C11H12ClN3O2S. The summed E-state index contributed by atoms with van der Waals surface area (Å²) in [5.74, 6) is 0. The Morgan fingerprint density at radius 1 is 1.56 bits per heavy atom. The van der Waals surface area contributed by atoms with E-state index in [-0.39, 0.29) is 11.7 Å². The van der Waals surface area contributed by atoms with Gasteiger partial charge >= 0.3 is 0 Å². The molecule has 0 spiro atoms. The Morgan fingerprint density at radius 2 is 2.33 bits per heavy atom. The maximum Gasteiger partial charge on any atom is 0.238 e. The largest absolute Gasteiger partial charge is 0.386 e. The Labute approximate surface area is 112 Å². The third kappa shape index (κ3) is 3.16. The van der Waals surface area contributed by atoms with Crippen molar-refractivity contribution in [3.05, 3.63) is 41.2 Å². The lowest BCUT2D eigenvalue weighted by Crippen LogP contribution is -2.09. The Hall–Kier alpha value is -1.24. The molecule has 2 aromatic rings. The topological polar surface area (TPSA) is 68.0 Å². The molecule has 0 radical (unpaired) electrons. The highest BCUT2D eigenvalue weighted by atomic mass is 35.5. The average molecular weight is 286 g/mol. The molecule has 0 aliphatic rings. The van der Waals surface area contributed by atoms with Gasteiger partial charge in [0.2, 0.25) is 5.16 Å². The van der Waals surface area contributed by atoms with E-state index in [4.69, 9.17) is 11.6 Å². The van der Waals surface area contributed by atoms with Crippen LogP contribution in [0.25, 0.3) is 0 Å². The Bertz CT molecular complexity index is 573. The molecule has 1 N–H and O–H groups in total. The number of nitrogens with zero attached hydrogens (tertiary/aromatic N) is 3. The van der Waals surface area contributed by atoms with Crippen molar-refractivity contribution >= 4 is 22.4 Å². The van der Waals surface area contributed by atoms with Crippen molar-refractivity contribution < 1.29 is 9.32 Å². The van der Waals surface area contributed by atoms with E-state index in [1.165, 1.54) is 17.3 Å². The standard InChI is InChI=1S/C11H12ClN3O2S/c1-18(17)11-13-7-15(14-11)6-10(16)8-3-2-4-9(12)5-8/h2-5,7,10,16H,6H2,1H3. The number of hydrogen-bond acceptors (Lipinski definition) is 4. The molecule has 96 valence electrons. The maximum absolute atomic E-state index is 11.2. The molecule has 0 aliphatic carbocycles. The molecule has 18 heavy (non-hydrogen) atoms. The summed E-state index contributed by atoms with van der Waals surface area (Å²) in [6.45, 7) is 0.241. The van der Waals surface area contributed by atoms with Gasteiger partial charge in [0.05, 0.1) is 23.4 Å². The third-order valence-corrected chi connectivity index (χ3v) is 3.30. The van der Waals surface area contributed by atoms with Gasteiger partial charge in [0.1, 0.15) is 6.33 Å². The van der Waals surface area contributed by atoms with E-state index in [1.54, 1.807) is 24.3 Å². The second-order valence-corrected chi connectivity index (χ2v) is 5.48. The number of aromatic nitrogens is 3. The second kappa shape index (κ2) is 5.60. The van der Waals surface area contributed by atoms with Gasteiger partial charge in [-0.2, -0.15) is 0 Å². The molecule has 1 aromatic carbocycles. The van der Waals surface area contributed by atoms with Crippen molar-refractivity contribution in [2.75, 3.05) is 6.26 Å². The molecule has 2 atom stereocenters. The molecule has 0 saturated heterocycles. The monoisotopic (exact) mass is 285 g/mol. The Kier molecular flexibility index (Phi) is 4.11. The van der Waals surface area contributed by atoms with Crippen LogP contribution in [-0.4, -0.2) is 30.3 Å². The number of rotatable bonds is 4. The lowest BCUT2D eigenvalue weighted by Gasteiger charge is -2.10. The number of aliphatic hydroxyl groups excluding tert-OH is 1. The minimum atomic E-state index is -1.22. The van der Waals surface area contributed by atoms with E-state index in [0.717, 1.165) is 0 Å². The summed E-state index contributed by atoms with van der Waals surface area (Å²) in [7, 11) is -1.22. The van der Waals surface area contributed by atoms with Crippen molar-refractivity contribution in [3.8, 4) is 0 Å². The molecule has 1 aromatic heterocycles. The highest BCUT2D eigenvalue weighted by Crippen LogP contribution is 2.18. The zero-order valence-electron chi connectivity index (χ0n) is 9.65. The zero-order valence-corrected chi connectivity index (χ0v) is 11.2. The average Bonchev–Trinajstić information content (AvgIpc) is 2.77. The van der Waals surface area contributed by atoms with Crippen molar-refractivity contribution in [1.29, 1.82) is 0 Å². The lowest BCUT2D eigenvalue weighted by atomic mass is 10.1. The summed E-state index contributed by atoms with van der Waals surface area (Å²) >= 11 is 5.85. The second-order valence-electron chi connectivity index (χ2n) is 3.77. The van der Waals surface area contributed by atoms with Gasteiger partial charge in [0, 0.05) is 11.3 Å². The summed E-state index contributed by atoms with van der Waals surface area (Å²) < 4.78 is 12.6. The SMILES string of the molecule is CS(=O)c1ncn(CC(O)c2cccc(Cl)c2)n1. The van der Waals surface area contributed by atoms with Crippen molar-refractivity contribution in [2.45, 2.75) is 17.8 Å². The van der Waals surface area contributed by atoms with E-state index >= 15 is 0 Å². The van der Waals surface area contributed by atoms with E-state index in [2.05, 4.69) is 10.1 Å². The van der Waals surface area contributed by atoms with E-state index in [1.807, 2.05) is 0 Å². The highest BCUT2D eigenvalue weighted by molar-refractivity contribution is 7.84. The molecule has 5 nitrogen and oxygen atoms in total. The van der Waals surface area contributed by atoms with E-state index in [0.29, 0.717) is 10.6 Å². The number of aliphatic hydroxyl groups is 1. The Morgan fingerprint density at radius 3 is 2.94 bits per heavy atom. The lowest BCUT2D eigenvalue weighted by molar-refractivity contribution is 0.151. The van der Waals surface area contributed by atoms with Gasteiger partial charge in [0.25, 0.3) is 0 Å². The molecule has 2 rings (SSSR count). The maximum atomic E-state index is 11.2. The third-order valence-electron chi connectivity index (χ3n) is 2.37. The minimum Gasteiger partial charge on any atom is -0.386 e. The van der Waals surface area contributed by atoms with Gasteiger partial charge in [-0.1, -0.05) is 23.7 Å². The van der Waals surface area contributed by atoms with Gasteiger partial charge in [-0.05, 0) is 17.7 Å². The minimum absolute atomic E-state index is 0.241.